The smallest absolute Gasteiger partial charge is 0.380 e. The first-order valence-corrected chi connectivity index (χ1v) is 2.90. The van der Waals surface area contributed by atoms with Crippen molar-refractivity contribution >= 4 is 0 Å². The van der Waals surface area contributed by atoms with E-state index in [2.05, 4.69) is 0 Å². The van der Waals surface area contributed by atoms with E-state index in [1.165, 1.54) is 0 Å². The summed E-state index contributed by atoms with van der Waals surface area (Å²) in [5.74, 6) is 0. The molecule has 0 atom stereocenters. The fourth-order valence-electron chi connectivity index (χ4n) is 1.04. The molecule has 1 aliphatic carbocycles. The number of nitrogens with two attached hydrogens (primary N) is 1. The van der Waals surface area contributed by atoms with Gasteiger partial charge in [0.2, 0.25) is 0 Å². The van der Waals surface area contributed by atoms with Crippen molar-refractivity contribution in [3.8, 4) is 0 Å². The van der Waals surface area contributed by atoms with Gasteiger partial charge in [0, 0.05) is 18.9 Å². The molecule has 1 fully saturated rings. The molecular formula is C5H8F3NO. The van der Waals surface area contributed by atoms with Crippen molar-refractivity contribution in [2.24, 2.45) is 5.73 Å². The molecule has 0 aliphatic heterocycles. The molecule has 3 N–H and O–H groups in total. The van der Waals surface area contributed by atoms with Crippen LogP contribution in [0.5, 0.6) is 0 Å². The third-order valence-electron chi connectivity index (χ3n) is 1.73. The van der Waals surface area contributed by atoms with Crippen molar-refractivity contribution < 1.29 is 18.3 Å². The highest BCUT2D eigenvalue weighted by molar-refractivity contribution is 5.01. The van der Waals surface area contributed by atoms with Crippen LogP contribution in [0.2, 0.25) is 0 Å². The summed E-state index contributed by atoms with van der Waals surface area (Å²) < 4.78 is 35.3. The number of rotatable bonds is 0. The molecule has 1 aliphatic rings. The second kappa shape index (κ2) is 1.85. The number of aliphatic hydroxyl groups is 1. The minimum Gasteiger partial charge on any atom is -0.380 e. The lowest BCUT2D eigenvalue weighted by Gasteiger charge is -2.42. The number of hydrogen-bond donors (Lipinski definition) is 2. The quantitative estimate of drug-likeness (QED) is 0.532. The summed E-state index contributed by atoms with van der Waals surface area (Å²) in [6, 6.07) is -0.494. The molecule has 0 spiro atoms. The number of hydrogen-bond acceptors (Lipinski definition) is 2. The van der Waals surface area contributed by atoms with E-state index in [4.69, 9.17) is 10.8 Å². The Balaban J connectivity index is 2.57. The van der Waals surface area contributed by atoms with Gasteiger partial charge in [-0.15, -0.1) is 0 Å². The third kappa shape index (κ3) is 0.992. The first-order chi connectivity index (χ1) is 4.35. The summed E-state index contributed by atoms with van der Waals surface area (Å²) in [5, 5.41) is 8.71. The van der Waals surface area contributed by atoms with Crippen molar-refractivity contribution in [2.75, 3.05) is 0 Å². The topological polar surface area (TPSA) is 46.2 Å². The van der Waals surface area contributed by atoms with Gasteiger partial charge in [-0.2, -0.15) is 13.2 Å². The Morgan fingerprint density at radius 1 is 1.40 bits per heavy atom. The molecule has 0 bridgehead atoms. The lowest BCUT2D eigenvalue weighted by atomic mass is 9.76. The molecule has 0 heterocycles. The van der Waals surface area contributed by atoms with Gasteiger partial charge in [0.15, 0.2) is 5.60 Å². The van der Waals surface area contributed by atoms with Gasteiger partial charge in [0.25, 0.3) is 0 Å². The maximum atomic E-state index is 11.8. The average Bonchev–Trinajstić information content (AvgIpc) is 1.58. The summed E-state index contributed by atoms with van der Waals surface area (Å²) in [6.07, 6.45) is -5.24. The molecule has 0 unspecified atom stereocenters. The zero-order valence-corrected chi connectivity index (χ0v) is 5.15. The molecule has 2 nitrogen and oxygen atoms in total. The molecule has 1 rings (SSSR count). The van der Waals surface area contributed by atoms with Crippen LogP contribution in [0.3, 0.4) is 0 Å². The van der Waals surface area contributed by atoms with Gasteiger partial charge in [-0.25, -0.2) is 0 Å². The highest BCUT2D eigenvalue weighted by Crippen LogP contribution is 2.44. The van der Waals surface area contributed by atoms with E-state index < -0.39 is 17.8 Å². The zero-order valence-electron chi connectivity index (χ0n) is 5.15. The molecule has 0 amide bonds. The first kappa shape index (κ1) is 7.81. The van der Waals surface area contributed by atoms with E-state index in [0.29, 0.717) is 0 Å². The number of halogens is 3. The van der Waals surface area contributed by atoms with Crippen LogP contribution in [0.15, 0.2) is 0 Å². The normalized spacial score (nSPS) is 41.1. The van der Waals surface area contributed by atoms with Crippen LogP contribution in [0, 0.1) is 0 Å². The Bertz CT molecular complexity index is 138. The predicted octanol–water partition coefficient (Wildman–Crippen LogP) is 0.401. The van der Waals surface area contributed by atoms with Crippen LogP contribution >= 0.6 is 0 Å². The van der Waals surface area contributed by atoms with Gasteiger partial charge in [-0.3, -0.25) is 0 Å². The summed E-state index contributed by atoms with van der Waals surface area (Å²) in [4.78, 5) is 0. The summed E-state index contributed by atoms with van der Waals surface area (Å²) >= 11 is 0. The fraction of sp³-hybridized carbons (Fsp3) is 1.00. The van der Waals surface area contributed by atoms with Crippen LogP contribution < -0.4 is 5.73 Å². The van der Waals surface area contributed by atoms with Gasteiger partial charge in [0.05, 0.1) is 0 Å². The van der Waals surface area contributed by atoms with Crippen LogP contribution in [0.1, 0.15) is 12.8 Å². The van der Waals surface area contributed by atoms with Crippen LogP contribution in [-0.4, -0.2) is 22.9 Å². The van der Waals surface area contributed by atoms with Gasteiger partial charge < -0.3 is 10.8 Å². The van der Waals surface area contributed by atoms with Crippen LogP contribution in [0.4, 0.5) is 13.2 Å². The lowest BCUT2D eigenvalue weighted by Crippen LogP contribution is -2.60. The molecule has 10 heavy (non-hydrogen) atoms. The highest BCUT2D eigenvalue weighted by Gasteiger charge is 2.60. The van der Waals surface area contributed by atoms with Crippen molar-refractivity contribution in [3.05, 3.63) is 0 Å². The monoisotopic (exact) mass is 155 g/mol. The first-order valence-electron chi connectivity index (χ1n) is 2.90. The lowest BCUT2D eigenvalue weighted by molar-refractivity contribution is -0.289. The van der Waals surface area contributed by atoms with Crippen LogP contribution in [-0.2, 0) is 0 Å². The van der Waals surface area contributed by atoms with E-state index >= 15 is 0 Å². The number of alkyl halides is 3. The van der Waals surface area contributed by atoms with E-state index in [-0.39, 0.29) is 12.8 Å². The SMILES string of the molecule is N[C@H]1C[C@](O)(C(F)(F)F)C1. The molecule has 0 aromatic rings. The van der Waals surface area contributed by atoms with Crippen molar-refractivity contribution in [3.63, 3.8) is 0 Å². The van der Waals surface area contributed by atoms with E-state index in [1.54, 1.807) is 0 Å². The minimum absolute atomic E-state index is 0.365. The Labute approximate surface area is 55.8 Å². The summed E-state index contributed by atoms with van der Waals surface area (Å²) in [5.41, 5.74) is 2.60. The molecule has 0 aromatic carbocycles. The second-order valence-corrected chi connectivity index (χ2v) is 2.70. The Morgan fingerprint density at radius 2 is 1.80 bits per heavy atom. The Morgan fingerprint density at radius 3 is 1.90 bits per heavy atom. The minimum atomic E-state index is -4.51. The predicted molar refractivity (Wildman–Crippen MR) is 28.2 cm³/mol. The molecule has 1 saturated carbocycles. The standard InChI is InChI=1S/C5H8F3NO/c6-5(7,8)4(10)1-3(9)2-4/h3,10H,1-2,9H2/t3-,4+. The van der Waals surface area contributed by atoms with Gasteiger partial charge in [-0.1, -0.05) is 0 Å². The van der Waals surface area contributed by atoms with E-state index in [1.807, 2.05) is 0 Å². The summed E-state index contributed by atoms with van der Waals surface area (Å²) in [6.45, 7) is 0. The Kier molecular flexibility index (Phi) is 1.45. The Hall–Kier alpha value is -0.290. The van der Waals surface area contributed by atoms with Gasteiger partial charge in [0.1, 0.15) is 0 Å². The molecule has 0 radical (unpaired) electrons. The van der Waals surface area contributed by atoms with Gasteiger partial charge in [-0.05, 0) is 0 Å². The van der Waals surface area contributed by atoms with Crippen molar-refractivity contribution in [1.29, 1.82) is 0 Å². The average molecular weight is 155 g/mol. The second-order valence-electron chi connectivity index (χ2n) is 2.70. The molecule has 0 saturated heterocycles. The van der Waals surface area contributed by atoms with Crippen LogP contribution in [0.25, 0.3) is 0 Å². The van der Waals surface area contributed by atoms with Gasteiger partial charge >= 0.3 is 6.18 Å². The van der Waals surface area contributed by atoms with Crippen molar-refractivity contribution in [1.82, 2.24) is 0 Å². The largest absolute Gasteiger partial charge is 0.417 e. The summed E-state index contributed by atoms with van der Waals surface area (Å²) in [7, 11) is 0. The van der Waals surface area contributed by atoms with E-state index in [9.17, 15) is 13.2 Å². The zero-order chi connectivity index (χ0) is 7.99. The maximum Gasteiger partial charge on any atom is 0.417 e. The molecule has 60 valence electrons. The molecule has 0 aromatic heterocycles. The van der Waals surface area contributed by atoms with E-state index in [0.717, 1.165) is 0 Å². The third-order valence-corrected chi connectivity index (χ3v) is 1.73. The highest BCUT2D eigenvalue weighted by atomic mass is 19.4. The molecule has 5 heteroatoms. The maximum absolute atomic E-state index is 11.8. The molecular weight excluding hydrogens is 147 g/mol. The van der Waals surface area contributed by atoms with Crippen molar-refractivity contribution in [2.45, 2.75) is 30.7 Å². The fourth-order valence-corrected chi connectivity index (χ4v) is 1.04.